The Bertz CT molecular complexity index is 569. The Hall–Kier alpha value is -0.0700. The van der Waals surface area contributed by atoms with Crippen LogP contribution in [-0.4, -0.2) is 6.61 Å². The summed E-state index contributed by atoms with van der Waals surface area (Å²) in [5, 5.41) is 0. The van der Waals surface area contributed by atoms with E-state index in [1.165, 1.54) is 14.7 Å². The molecular formula is C16H15Br2IO. The first-order valence-corrected chi connectivity index (χ1v) is 9.22. The molecule has 20 heavy (non-hydrogen) atoms. The summed E-state index contributed by atoms with van der Waals surface area (Å²) in [4.78, 5) is 0.191. The van der Waals surface area contributed by atoms with Crippen molar-refractivity contribution in [1.29, 1.82) is 0 Å². The summed E-state index contributed by atoms with van der Waals surface area (Å²) < 4.78 is 7.92. The molecule has 0 fully saturated rings. The van der Waals surface area contributed by atoms with Crippen LogP contribution in [0.15, 0.2) is 46.9 Å². The van der Waals surface area contributed by atoms with Crippen molar-refractivity contribution < 1.29 is 4.74 Å². The van der Waals surface area contributed by atoms with E-state index >= 15 is 0 Å². The van der Waals surface area contributed by atoms with Crippen molar-refractivity contribution in [3.8, 4) is 5.75 Å². The Morgan fingerprint density at radius 3 is 2.35 bits per heavy atom. The van der Waals surface area contributed by atoms with Gasteiger partial charge in [-0.15, -0.1) is 0 Å². The molecule has 0 aliphatic heterocycles. The molecule has 2 rings (SSSR count). The van der Waals surface area contributed by atoms with E-state index in [0.29, 0.717) is 0 Å². The molecule has 0 amide bonds. The third-order valence-electron chi connectivity index (χ3n) is 2.87. The molecule has 0 aromatic heterocycles. The molecule has 0 bridgehead atoms. The first-order chi connectivity index (χ1) is 9.61. The molecule has 0 saturated carbocycles. The van der Waals surface area contributed by atoms with Crippen molar-refractivity contribution >= 4 is 54.5 Å². The van der Waals surface area contributed by atoms with Crippen LogP contribution >= 0.6 is 54.5 Å². The summed E-state index contributed by atoms with van der Waals surface area (Å²) in [5.74, 6) is 0.901. The second-order valence-electron chi connectivity index (χ2n) is 4.45. The van der Waals surface area contributed by atoms with Crippen LogP contribution < -0.4 is 4.74 Å². The number of ether oxygens (including phenoxy) is 1. The van der Waals surface area contributed by atoms with Crippen LogP contribution in [0.2, 0.25) is 0 Å². The number of hydrogen-bond acceptors (Lipinski definition) is 1. The van der Waals surface area contributed by atoms with Crippen molar-refractivity contribution in [2.24, 2.45) is 0 Å². The van der Waals surface area contributed by atoms with Crippen molar-refractivity contribution in [3.63, 3.8) is 0 Å². The second kappa shape index (κ2) is 7.80. The average Bonchev–Trinajstić information content (AvgIpc) is 2.46. The lowest BCUT2D eigenvalue weighted by atomic mass is 10.0. The Morgan fingerprint density at radius 1 is 1.10 bits per heavy atom. The zero-order valence-electron chi connectivity index (χ0n) is 11.1. The van der Waals surface area contributed by atoms with Crippen LogP contribution in [0, 0.1) is 3.57 Å². The zero-order chi connectivity index (χ0) is 14.5. The van der Waals surface area contributed by atoms with Crippen molar-refractivity contribution in [2.45, 2.75) is 18.2 Å². The first kappa shape index (κ1) is 16.3. The molecule has 106 valence electrons. The van der Waals surface area contributed by atoms with Gasteiger partial charge in [-0.2, -0.15) is 0 Å². The van der Waals surface area contributed by atoms with E-state index in [2.05, 4.69) is 97.8 Å². The van der Waals surface area contributed by atoms with Gasteiger partial charge in [0, 0.05) is 3.57 Å². The summed E-state index contributed by atoms with van der Waals surface area (Å²) in [6.45, 7) is 2.85. The van der Waals surface area contributed by atoms with Crippen LogP contribution in [0.25, 0.3) is 0 Å². The molecular weight excluding hydrogens is 495 g/mol. The highest BCUT2D eigenvalue weighted by Gasteiger charge is 2.12. The van der Waals surface area contributed by atoms with Gasteiger partial charge in [0.25, 0.3) is 0 Å². The Kier molecular flexibility index (Phi) is 6.36. The van der Waals surface area contributed by atoms with Gasteiger partial charge in [0.2, 0.25) is 0 Å². The van der Waals surface area contributed by atoms with E-state index in [9.17, 15) is 0 Å². The van der Waals surface area contributed by atoms with Gasteiger partial charge in [-0.1, -0.05) is 41.1 Å². The molecule has 0 aliphatic carbocycles. The SMILES string of the molecule is CCCOc1ccc(C(Br)c2ccc(I)cc2)cc1Br. The fraction of sp³-hybridized carbons (Fsp3) is 0.250. The highest BCUT2D eigenvalue weighted by molar-refractivity contribution is 14.1. The van der Waals surface area contributed by atoms with Crippen LogP contribution in [-0.2, 0) is 0 Å². The van der Waals surface area contributed by atoms with Gasteiger partial charge >= 0.3 is 0 Å². The predicted molar refractivity (Wildman–Crippen MR) is 99.9 cm³/mol. The number of rotatable bonds is 5. The third kappa shape index (κ3) is 4.21. The first-order valence-electron chi connectivity index (χ1n) is 6.43. The summed E-state index contributed by atoms with van der Waals surface area (Å²) in [6.07, 6.45) is 1.01. The maximum atomic E-state index is 5.68. The van der Waals surface area contributed by atoms with Crippen molar-refractivity contribution in [3.05, 3.63) is 61.6 Å². The summed E-state index contributed by atoms with van der Waals surface area (Å²) in [5.41, 5.74) is 2.46. The summed E-state index contributed by atoms with van der Waals surface area (Å²) >= 11 is 9.67. The minimum absolute atomic E-state index is 0.191. The maximum absolute atomic E-state index is 5.68. The predicted octanol–water partition coefficient (Wildman–Crippen LogP) is 6.33. The highest BCUT2D eigenvalue weighted by atomic mass is 127. The van der Waals surface area contributed by atoms with E-state index in [4.69, 9.17) is 4.74 Å². The largest absolute Gasteiger partial charge is 0.492 e. The van der Waals surface area contributed by atoms with Gasteiger partial charge < -0.3 is 4.74 Å². The minimum atomic E-state index is 0.191. The number of halogens is 3. The minimum Gasteiger partial charge on any atom is -0.492 e. The molecule has 0 aliphatic rings. The molecule has 0 N–H and O–H groups in total. The number of benzene rings is 2. The third-order valence-corrected chi connectivity index (χ3v) is 5.27. The Labute approximate surface area is 150 Å². The van der Waals surface area contributed by atoms with Gasteiger partial charge in [0.15, 0.2) is 0 Å². The Balaban J connectivity index is 2.20. The quantitative estimate of drug-likeness (QED) is 0.338. The lowest BCUT2D eigenvalue weighted by Gasteiger charge is -2.13. The second-order valence-corrected chi connectivity index (χ2v) is 7.47. The van der Waals surface area contributed by atoms with Crippen LogP contribution in [0.1, 0.15) is 29.3 Å². The van der Waals surface area contributed by atoms with E-state index in [-0.39, 0.29) is 4.83 Å². The molecule has 1 nitrogen and oxygen atoms in total. The molecule has 1 atom stereocenters. The smallest absolute Gasteiger partial charge is 0.133 e. The van der Waals surface area contributed by atoms with E-state index in [1.54, 1.807) is 0 Å². The average molecular weight is 510 g/mol. The van der Waals surface area contributed by atoms with E-state index in [1.807, 2.05) is 6.07 Å². The molecule has 4 heteroatoms. The number of alkyl halides is 1. The molecule has 1 unspecified atom stereocenters. The molecule has 2 aromatic rings. The van der Waals surface area contributed by atoms with Crippen LogP contribution in [0.4, 0.5) is 0 Å². The lowest BCUT2D eigenvalue weighted by Crippen LogP contribution is -1.98. The normalized spacial score (nSPS) is 12.2. The van der Waals surface area contributed by atoms with Gasteiger partial charge in [-0.25, -0.2) is 0 Å². The van der Waals surface area contributed by atoms with Crippen LogP contribution in [0.3, 0.4) is 0 Å². The van der Waals surface area contributed by atoms with Gasteiger partial charge in [-0.05, 0) is 80.3 Å². The Morgan fingerprint density at radius 2 is 1.75 bits per heavy atom. The lowest BCUT2D eigenvalue weighted by molar-refractivity contribution is 0.315. The molecule has 0 saturated heterocycles. The fourth-order valence-electron chi connectivity index (χ4n) is 1.83. The fourth-order valence-corrected chi connectivity index (χ4v) is 3.29. The molecule has 0 heterocycles. The van der Waals surface area contributed by atoms with Crippen LogP contribution in [0.5, 0.6) is 5.75 Å². The van der Waals surface area contributed by atoms with Crippen molar-refractivity contribution in [2.75, 3.05) is 6.61 Å². The van der Waals surface area contributed by atoms with Crippen molar-refractivity contribution in [1.82, 2.24) is 0 Å². The monoisotopic (exact) mass is 508 g/mol. The molecule has 0 spiro atoms. The molecule has 0 radical (unpaired) electrons. The van der Waals surface area contributed by atoms with E-state index < -0.39 is 0 Å². The number of hydrogen-bond donors (Lipinski definition) is 0. The van der Waals surface area contributed by atoms with Gasteiger partial charge in [0.05, 0.1) is 15.9 Å². The summed E-state index contributed by atoms with van der Waals surface area (Å²) in [7, 11) is 0. The standard InChI is InChI=1S/C16H15Br2IO/c1-2-9-20-15-8-5-12(10-14(15)17)16(18)11-3-6-13(19)7-4-11/h3-8,10,16H,2,9H2,1H3. The van der Waals surface area contributed by atoms with E-state index in [0.717, 1.165) is 23.2 Å². The van der Waals surface area contributed by atoms with Gasteiger partial charge in [0.1, 0.15) is 5.75 Å². The summed E-state index contributed by atoms with van der Waals surface area (Å²) in [6, 6.07) is 14.8. The highest BCUT2D eigenvalue weighted by Crippen LogP contribution is 2.35. The topological polar surface area (TPSA) is 9.23 Å². The maximum Gasteiger partial charge on any atom is 0.133 e. The molecule has 2 aromatic carbocycles. The van der Waals surface area contributed by atoms with Gasteiger partial charge in [-0.3, -0.25) is 0 Å². The zero-order valence-corrected chi connectivity index (χ0v) is 16.4.